The molecule has 0 aromatic heterocycles. The van der Waals surface area contributed by atoms with Crippen LogP contribution in [0.2, 0.25) is 0 Å². The molecule has 0 amide bonds. The van der Waals surface area contributed by atoms with E-state index in [2.05, 4.69) is 10.5 Å². The number of hydrogen-bond donors (Lipinski definition) is 3. The van der Waals surface area contributed by atoms with Crippen LogP contribution in [-0.4, -0.2) is 38.8 Å². The number of rotatable bonds is 4. The highest BCUT2D eigenvalue weighted by atomic mass is 32.2. The van der Waals surface area contributed by atoms with Gasteiger partial charge in [-0.05, 0) is 19.8 Å². The monoisotopic (exact) mass is 233 g/mol. The number of nitrogens with two attached hydrogens (primary N) is 1. The third kappa shape index (κ3) is 4.61. The number of hydrogen-bond acceptors (Lipinski definition) is 4. The van der Waals surface area contributed by atoms with Gasteiger partial charge in [-0.15, -0.1) is 0 Å². The molecule has 1 unspecified atom stereocenters. The molecule has 0 bridgehead atoms. The second-order valence-corrected chi connectivity index (χ2v) is 5.68. The summed E-state index contributed by atoms with van der Waals surface area (Å²) < 4.78 is 11.1. The Hall–Kier alpha value is -0.620. The SMILES string of the molecule is CC(CC(N)=NO)NC1CCS(=O)CC1. The van der Waals surface area contributed by atoms with E-state index < -0.39 is 10.8 Å². The van der Waals surface area contributed by atoms with Gasteiger partial charge in [0.15, 0.2) is 0 Å². The lowest BCUT2D eigenvalue weighted by Gasteiger charge is -2.26. The Bertz CT molecular complexity index is 248. The number of oxime groups is 1. The molecular weight excluding hydrogens is 214 g/mol. The zero-order valence-electron chi connectivity index (χ0n) is 8.98. The van der Waals surface area contributed by atoms with Crippen molar-refractivity contribution in [2.24, 2.45) is 10.9 Å². The van der Waals surface area contributed by atoms with Gasteiger partial charge >= 0.3 is 0 Å². The average Bonchev–Trinajstić information content (AvgIpc) is 2.21. The van der Waals surface area contributed by atoms with Gasteiger partial charge in [-0.2, -0.15) is 0 Å². The Morgan fingerprint density at radius 3 is 2.80 bits per heavy atom. The quantitative estimate of drug-likeness (QED) is 0.276. The van der Waals surface area contributed by atoms with Crippen LogP contribution >= 0.6 is 0 Å². The normalized spacial score (nSPS) is 30.1. The van der Waals surface area contributed by atoms with Crippen molar-refractivity contribution in [3.63, 3.8) is 0 Å². The zero-order chi connectivity index (χ0) is 11.3. The second-order valence-electron chi connectivity index (χ2n) is 3.99. The first-order valence-electron chi connectivity index (χ1n) is 5.19. The van der Waals surface area contributed by atoms with E-state index in [4.69, 9.17) is 10.9 Å². The Labute approximate surface area is 92.6 Å². The van der Waals surface area contributed by atoms with E-state index in [1.807, 2.05) is 6.92 Å². The van der Waals surface area contributed by atoms with Crippen LogP contribution in [0.4, 0.5) is 0 Å². The van der Waals surface area contributed by atoms with Crippen LogP contribution in [0.5, 0.6) is 0 Å². The van der Waals surface area contributed by atoms with Crippen LogP contribution in [0.25, 0.3) is 0 Å². The van der Waals surface area contributed by atoms with E-state index >= 15 is 0 Å². The molecule has 0 radical (unpaired) electrons. The van der Waals surface area contributed by atoms with E-state index in [0.717, 1.165) is 24.3 Å². The fraction of sp³-hybridized carbons (Fsp3) is 0.889. The molecule has 1 aliphatic rings. The maximum atomic E-state index is 11.1. The minimum absolute atomic E-state index is 0.192. The van der Waals surface area contributed by atoms with Gasteiger partial charge in [0.25, 0.3) is 0 Å². The van der Waals surface area contributed by atoms with Crippen LogP contribution < -0.4 is 11.1 Å². The molecule has 0 spiro atoms. The maximum Gasteiger partial charge on any atom is 0.140 e. The Morgan fingerprint density at radius 1 is 1.67 bits per heavy atom. The molecule has 1 aliphatic heterocycles. The van der Waals surface area contributed by atoms with Crippen LogP contribution in [0, 0.1) is 0 Å². The topological polar surface area (TPSA) is 87.7 Å². The predicted molar refractivity (Wildman–Crippen MR) is 61.5 cm³/mol. The first-order chi connectivity index (χ1) is 7.11. The van der Waals surface area contributed by atoms with E-state index in [1.165, 1.54) is 0 Å². The fourth-order valence-corrected chi connectivity index (χ4v) is 3.08. The molecular formula is C9H19N3O2S. The van der Waals surface area contributed by atoms with Crippen molar-refractivity contribution in [2.45, 2.75) is 38.3 Å². The lowest BCUT2D eigenvalue weighted by molar-refractivity contribution is 0.315. The molecule has 1 atom stereocenters. The summed E-state index contributed by atoms with van der Waals surface area (Å²) in [7, 11) is -0.616. The van der Waals surface area contributed by atoms with Crippen molar-refractivity contribution in [1.82, 2.24) is 5.32 Å². The van der Waals surface area contributed by atoms with Crippen LogP contribution in [0.1, 0.15) is 26.2 Å². The highest BCUT2D eigenvalue weighted by Crippen LogP contribution is 2.10. The van der Waals surface area contributed by atoms with Crippen molar-refractivity contribution >= 4 is 16.6 Å². The Morgan fingerprint density at radius 2 is 2.27 bits per heavy atom. The molecule has 0 saturated carbocycles. The molecule has 15 heavy (non-hydrogen) atoms. The summed E-state index contributed by atoms with van der Waals surface area (Å²) in [6.07, 6.45) is 2.44. The summed E-state index contributed by atoms with van der Waals surface area (Å²) >= 11 is 0. The highest BCUT2D eigenvalue weighted by molar-refractivity contribution is 7.85. The third-order valence-corrected chi connectivity index (χ3v) is 3.93. The Balaban J connectivity index is 2.26. The largest absolute Gasteiger partial charge is 0.409 e. The van der Waals surface area contributed by atoms with Crippen LogP contribution in [0.3, 0.4) is 0 Å². The molecule has 88 valence electrons. The first kappa shape index (κ1) is 12.4. The van der Waals surface area contributed by atoms with Gasteiger partial charge < -0.3 is 16.3 Å². The van der Waals surface area contributed by atoms with Gasteiger partial charge in [0, 0.05) is 40.8 Å². The molecule has 1 fully saturated rings. The van der Waals surface area contributed by atoms with Gasteiger partial charge in [0.05, 0.1) is 0 Å². The summed E-state index contributed by atoms with van der Waals surface area (Å²) in [5.41, 5.74) is 5.41. The zero-order valence-corrected chi connectivity index (χ0v) is 9.80. The fourth-order valence-electron chi connectivity index (χ4n) is 1.78. The average molecular weight is 233 g/mol. The van der Waals surface area contributed by atoms with Gasteiger partial charge in [-0.3, -0.25) is 4.21 Å². The lowest BCUT2D eigenvalue weighted by Crippen LogP contribution is -2.42. The van der Waals surface area contributed by atoms with Crippen LogP contribution in [-0.2, 0) is 10.8 Å². The minimum Gasteiger partial charge on any atom is -0.409 e. The third-order valence-electron chi connectivity index (χ3n) is 2.55. The minimum atomic E-state index is -0.616. The van der Waals surface area contributed by atoms with E-state index in [0.29, 0.717) is 12.5 Å². The Kier molecular flexibility index (Phi) is 5.04. The number of amidine groups is 1. The van der Waals surface area contributed by atoms with Crippen LogP contribution in [0.15, 0.2) is 5.16 Å². The molecule has 1 saturated heterocycles. The van der Waals surface area contributed by atoms with Crippen molar-refractivity contribution in [2.75, 3.05) is 11.5 Å². The molecule has 0 aromatic carbocycles. The van der Waals surface area contributed by atoms with Gasteiger partial charge in [-0.1, -0.05) is 5.16 Å². The molecule has 6 heteroatoms. The summed E-state index contributed by atoms with van der Waals surface area (Å²) in [6.45, 7) is 2.00. The number of nitrogens with zero attached hydrogens (tertiary/aromatic N) is 1. The van der Waals surface area contributed by atoms with Crippen molar-refractivity contribution in [3.05, 3.63) is 0 Å². The second kappa shape index (κ2) is 6.07. The molecule has 0 aromatic rings. The van der Waals surface area contributed by atoms with Gasteiger partial charge in [0.1, 0.15) is 5.84 Å². The van der Waals surface area contributed by atoms with Gasteiger partial charge in [-0.25, -0.2) is 0 Å². The molecule has 1 heterocycles. The lowest BCUT2D eigenvalue weighted by atomic mass is 10.1. The maximum absolute atomic E-state index is 11.1. The van der Waals surface area contributed by atoms with Gasteiger partial charge in [0.2, 0.25) is 0 Å². The summed E-state index contributed by atoms with van der Waals surface area (Å²) in [4.78, 5) is 0. The summed E-state index contributed by atoms with van der Waals surface area (Å²) in [5, 5.41) is 14.8. The highest BCUT2D eigenvalue weighted by Gasteiger charge is 2.19. The predicted octanol–water partition coefficient (Wildman–Crippen LogP) is 0.0121. The van der Waals surface area contributed by atoms with E-state index in [1.54, 1.807) is 0 Å². The smallest absolute Gasteiger partial charge is 0.140 e. The summed E-state index contributed by atoms with van der Waals surface area (Å²) in [5.74, 6) is 1.82. The molecule has 5 nitrogen and oxygen atoms in total. The van der Waals surface area contributed by atoms with E-state index in [-0.39, 0.29) is 11.9 Å². The number of nitrogens with one attached hydrogen (secondary N) is 1. The first-order valence-corrected chi connectivity index (χ1v) is 6.68. The molecule has 0 aliphatic carbocycles. The van der Waals surface area contributed by atoms with Crippen molar-refractivity contribution in [3.8, 4) is 0 Å². The van der Waals surface area contributed by atoms with Crippen molar-refractivity contribution in [1.29, 1.82) is 0 Å². The molecule has 1 rings (SSSR count). The van der Waals surface area contributed by atoms with E-state index in [9.17, 15) is 4.21 Å². The van der Waals surface area contributed by atoms with Crippen molar-refractivity contribution < 1.29 is 9.42 Å². The molecule has 4 N–H and O–H groups in total. The standard InChI is InChI=1S/C9H19N3O2S/c1-7(6-9(10)12-13)11-8-2-4-15(14)5-3-8/h7-8,11,13H,2-6H2,1H3,(H2,10,12). The summed E-state index contributed by atoms with van der Waals surface area (Å²) in [6, 6.07) is 0.613.